The van der Waals surface area contributed by atoms with Crippen LogP contribution in [0, 0.1) is 11.8 Å². The summed E-state index contributed by atoms with van der Waals surface area (Å²) in [6.45, 7) is 5.14. The Kier molecular flexibility index (Phi) is 5.44. The zero-order valence-corrected chi connectivity index (χ0v) is 16.6. The predicted molar refractivity (Wildman–Crippen MR) is 109 cm³/mol. The Balaban J connectivity index is 1.47. The van der Waals surface area contributed by atoms with Gasteiger partial charge in [0.15, 0.2) is 0 Å². The predicted octanol–water partition coefficient (Wildman–Crippen LogP) is 4.09. The zero-order chi connectivity index (χ0) is 18.8. The molecule has 1 heterocycles. The van der Waals surface area contributed by atoms with Gasteiger partial charge < -0.3 is 10.3 Å². The zero-order valence-electron chi connectivity index (χ0n) is 16.6. The second kappa shape index (κ2) is 7.97. The Morgan fingerprint density at radius 2 is 1.89 bits per heavy atom. The fraction of sp³-hybridized carbons (Fsp3) is 0.565. The van der Waals surface area contributed by atoms with Crippen LogP contribution in [0.2, 0.25) is 0 Å². The molecule has 1 unspecified atom stereocenters. The maximum absolute atomic E-state index is 12.3. The number of nitrogens with zero attached hydrogens (tertiary/aromatic N) is 1. The van der Waals surface area contributed by atoms with Crippen LogP contribution >= 0.6 is 0 Å². The number of hydrogen-bond acceptors (Lipinski definition) is 3. The van der Waals surface area contributed by atoms with Gasteiger partial charge in [-0.2, -0.15) is 0 Å². The lowest BCUT2D eigenvalue weighted by Crippen LogP contribution is -2.28. The van der Waals surface area contributed by atoms with E-state index in [2.05, 4.69) is 48.4 Å². The summed E-state index contributed by atoms with van der Waals surface area (Å²) in [7, 11) is 0. The molecule has 144 valence electrons. The van der Waals surface area contributed by atoms with Crippen LogP contribution < -0.4 is 10.9 Å². The Morgan fingerprint density at radius 3 is 2.59 bits per heavy atom. The number of benzene rings is 1. The molecular weight excluding hydrogens is 334 g/mol. The van der Waals surface area contributed by atoms with Crippen LogP contribution in [0.4, 0.5) is 0 Å². The first kappa shape index (κ1) is 18.4. The fourth-order valence-corrected chi connectivity index (χ4v) is 4.26. The molecule has 0 radical (unpaired) electrons. The summed E-state index contributed by atoms with van der Waals surface area (Å²) in [6, 6.07) is 9.43. The minimum absolute atomic E-state index is 0.0671. The van der Waals surface area contributed by atoms with E-state index < -0.39 is 0 Å². The van der Waals surface area contributed by atoms with Crippen molar-refractivity contribution in [2.45, 2.75) is 71.4 Å². The highest BCUT2D eigenvalue weighted by Gasteiger charge is 2.32. The third-order valence-electron chi connectivity index (χ3n) is 5.81. The van der Waals surface area contributed by atoms with Gasteiger partial charge in [-0.25, -0.2) is 4.98 Å². The van der Waals surface area contributed by atoms with E-state index in [9.17, 15) is 4.79 Å². The van der Waals surface area contributed by atoms with E-state index in [-0.39, 0.29) is 5.56 Å². The Hall–Kier alpha value is -1.94. The lowest BCUT2D eigenvalue weighted by atomic mass is 9.97. The van der Waals surface area contributed by atoms with Gasteiger partial charge >= 0.3 is 0 Å². The molecule has 1 saturated carbocycles. The lowest BCUT2D eigenvalue weighted by Gasteiger charge is -2.20. The average molecular weight is 366 g/mol. The highest BCUT2D eigenvalue weighted by atomic mass is 16.1. The van der Waals surface area contributed by atoms with E-state index >= 15 is 0 Å². The van der Waals surface area contributed by atoms with Crippen molar-refractivity contribution in [3.05, 3.63) is 62.8 Å². The smallest absolute Gasteiger partial charge is 0.254 e. The summed E-state index contributed by atoms with van der Waals surface area (Å²) in [5.41, 5.74) is 4.75. The molecule has 4 rings (SSSR count). The van der Waals surface area contributed by atoms with Gasteiger partial charge in [0.1, 0.15) is 5.82 Å². The second-order valence-corrected chi connectivity index (χ2v) is 8.68. The normalized spacial score (nSPS) is 17.7. The van der Waals surface area contributed by atoms with E-state index in [0.29, 0.717) is 24.4 Å². The fourth-order valence-electron chi connectivity index (χ4n) is 4.26. The Morgan fingerprint density at radius 1 is 1.15 bits per heavy atom. The maximum Gasteiger partial charge on any atom is 0.254 e. The van der Waals surface area contributed by atoms with Gasteiger partial charge in [-0.05, 0) is 67.9 Å². The third-order valence-corrected chi connectivity index (χ3v) is 5.81. The van der Waals surface area contributed by atoms with E-state index in [0.717, 1.165) is 49.2 Å². The van der Waals surface area contributed by atoms with Crippen molar-refractivity contribution in [1.29, 1.82) is 0 Å². The molecule has 2 aliphatic carbocycles. The van der Waals surface area contributed by atoms with E-state index in [1.165, 1.54) is 24.0 Å². The molecule has 4 heteroatoms. The third kappa shape index (κ3) is 4.49. The summed E-state index contributed by atoms with van der Waals surface area (Å²) in [5.74, 6) is 2.16. The molecule has 2 aromatic rings. The highest BCUT2D eigenvalue weighted by Crippen LogP contribution is 2.41. The number of nitrogens with one attached hydrogen (secondary N) is 2. The molecule has 0 bridgehead atoms. The van der Waals surface area contributed by atoms with Crippen LogP contribution in [-0.2, 0) is 25.8 Å². The molecule has 27 heavy (non-hydrogen) atoms. The lowest BCUT2D eigenvalue weighted by molar-refractivity contribution is 0.469. The monoisotopic (exact) mass is 365 g/mol. The molecule has 1 aromatic carbocycles. The van der Waals surface area contributed by atoms with E-state index in [4.69, 9.17) is 4.98 Å². The molecular formula is C23H31N3O. The van der Waals surface area contributed by atoms with Crippen LogP contribution in [0.15, 0.2) is 29.1 Å². The summed E-state index contributed by atoms with van der Waals surface area (Å²) in [5, 5.41) is 3.68. The van der Waals surface area contributed by atoms with Gasteiger partial charge in [0.05, 0.1) is 12.2 Å². The summed E-state index contributed by atoms with van der Waals surface area (Å²) in [4.78, 5) is 20.1. The van der Waals surface area contributed by atoms with Crippen LogP contribution in [0.25, 0.3) is 0 Å². The average Bonchev–Trinajstić information content (AvgIpc) is 3.48. The number of aryl methyl sites for hydroxylation is 1. The van der Waals surface area contributed by atoms with Crippen LogP contribution in [0.5, 0.6) is 0 Å². The molecule has 4 nitrogen and oxygen atoms in total. The molecule has 1 atom stereocenters. The molecule has 0 spiro atoms. The van der Waals surface area contributed by atoms with Crippen molar-refractivity contribution in [3.63, 3.8) is 0 Å². The van der Waals surface area contributed by atoms with Crippen LogP contribution in [-0.4, -0.2) is 9.97 Å². The summed E-state index contributed by atoms with van der Waals surface area (Å²) in [6.07, 6.45) is 7.74. The number of H-pyrrole nitrogens is 1. The number of fused-ring (bicyclic) bond motifs is 1. The van der Waals surface area contributed by atoms with Crippen molar-refractivity contribution < 1.29 is 0 Å². The van der Waals surface area contributed by atoms with Gasteiger partial charge in [0.2, 0.25) is 0 Å². The van der Waals surface area contributed by atoms with E-state index in [1.807, 2.05) is 0 Å². The maximum atomic E-state index is 12.3. The highest BCUT2D eigenvalue weighted by molar-refractivity contribution is 5.27. The summed E-state index contributed by atoms with van der Waals surface area (Å²) >= 11 is 0. The quantitative estimate of drug-likeness (QED) is 0.777. The number of hydrogen-bond donors (Lipinski definition) is 2. The Labute approximate surface area is 161 Å². The van der Waals surface area contributed by atoms with Gasteiger partial charge in [0.25, 0.3) is 5.56 Å². The van der Waals surface area contributed by atoms with Crippen LogP contribution in [0.3, 0.4) is 0 Å². The first-order valence-corrected chi connectivity index (χ1v) is 10.5. The van der Waals surface area contributed by atoms with Crippen molar-refractivity contribution in [2.24, 2.45) is 11.8 Å². The first-order chi connectivity index (χ1) is 13.1. The van der Waals surface area contributed by atoms with Crippen LogP contribution in [0.1, 0.15) is 73.8 Å². The molecule has 2 N–H and O–H groups in total. The number of aromatic amines is 1. The molecule has 1 aromatic heterocycles. The van der Waals surface area contributed by atoms with Crippen molar-refractivity contribution in [1.82, 2.24) is 15.3 Å². The number of rotatable bonds is 7. The van der Waals surface area contributed by atoms with Crippen molar-refractivity contribution in [3.8, 4) is 0 Å². The van der Waals surface area contributed by atoms with Gasteiger partial charge in [-0.3, -0.25) is 4.79 Å². The molecule has 0 amide bonds. The molecule has 2 aliphatic rings. The summed E-state index contributed by atoms with van der Waals surface area (Å²) < 4.78 is 0. The minimum atomic E-state index is 0.0671. The van der Waals surface area contributed by atoms with Gasteiger partial charge in [-0.15, -0.1) is 0 Å². The SMILES string of the molecule is CC(C)Cc1ccc(C(NCc2nc3c(c(=O)[nH]2)CCCC3)C2CC2)cc1. The molecule has 0 saturated heterocycles. The standard InChI is InChI=1S/C23H31N3O/c1-15(2)13-16-7-9-17(10-8-16)22(18-11-12-18)24-14-21-25-20-6-4-3-5-19(20)23(27)26-21/h7-10,15,18,22,24H,3-6,11-14H2,1-2H3,(H,25,26,27). The topological polar surface area (TPSA) is 57.8 Å². The molecule has 1 fully saturated rings. The van der Waals surface area contributed by atoms with Crippen molar-refractivity contribution >= 4 is 0 Å². The number of aromatic nitrogens is 2. The van der Waals surface area contributed by atoms with Crippen molar-refractivity contribution in [2.75, 3.05) is 0 Å². The van der Waals surface area contributed by atoms with E-state index in [1.54, 1.807) is 0 Å². The first-order valence-electron chi connectivity index (χ1n) is 10.5. The van der Waals surface area contributed by atoms with Gasteiger partial charge in [-0.1, -0.05) is 38.1 Å². The van der Waals surface area contributed by atoms with Gasteiger partial charge in [0, 0.05) is 11.6 Å². The second-order valence-electron chi connectivity index (χ2n) is 8.68. The minimum Gasteiger partial charge on any atom is -0.309 e. The largest absolute Gasteiger partial charge is 0.309 e. The Bertz CT molecular complexity index is 834. The molecule has 0 aliphatic heterocycles.